The highest BCUT2D eigenvalue weighted by atomic mass is 32.1. The number of aromatic nitrogens is 1. The zero-order valence-electron chi connectivity index (χ0n) is 12.5. The minimum Gasteiger partial charge on any atom is -0.337 e. The molecule has 5 nitrogen and oxygen atoms in total. The summed E-state index contributed by atoms with van der Waals surface area (Å²) in [5.74, 6) is -0.309. The van der Waals surface area contributed by atoms with Crippen molar-refractivity contribution >= 4 is 33.3 Å². The lowest BCUT2D eigenvalue weighted by Gasteiger charge is -2.06. The highest BCUT2D eigenvalue weighted by Gasteiger charge is 2.06. The first-order valence-electron chi connectivity index (χ1n) is 7.24. The number of halogens is 1. The second-order valence-electron chi connectivity index (χ2n) is 5.04. The molecular weight excluding hydrogens is 327 g/mol. The van der Waals surface area contributed by atoms with E-state index in [2.05, 4.69) is 15.6 Å². The molecule has 120 valence electrons. The van der Waals surface area contributed by atoms with Crippen LogP contribution in [0.3, 0.4) is 0 Å². The van der Waals surface area contributed by atoms with Gasteiger partial charge in [0.1, 0.15) is 5.82 Å². The van der Waals surface area contributed by atoms with E-state index in [1.165, 1.54) is 23.5 Å². The van der Waals surface area contributed by atoms with Gasteiger partial charge in [-0.2, -0.15) is 5.26 Å². The Morgan fingerprint density at radius 1 is 1.29 bits per heavy atom. The predicted molar refractivity (Wildman–Crippen MR) is 91.5 cm³/mol. The average Bonchev–Trinajstić information content (AvgIpc) is 2.96. The van der Waals surface area contributed by atoms with Crippen LogP contribution in [0.25, 0.3) is 10.2 Å². The van der Waals surface area contributed by atoms with Gasteiger partial charge in [-0.15, -0.1) is 11.3 Å². The molecule has 0 saturated carbocycles. The number of hydrogen-bond donors (Lipinski definition) is 2. The zero-order valence-corrected chi connectivity index (χ0v) is 13.4. The van der Waals surface area contributed by atoms with Crippen LogP contribution in [0, 0.1) is 17.1 Å². The molecule has 1 aromatic heterocycles. The number of anilines is 1. The summed E-state index contributed by atoms with van der Waals surface area (Å²) in [5, 5.41) is 15.1. The van der Waals surface area contributed by atoms with E-state index in [-0.39, 0.29) is 11.8 Å². The molecule has 0 saturated heterocycles. The molecule has 24 heavy (non-hydrogen) atoms. The summed E-state index contributed by atoms with van der Waals surface area (Å²) >= 11 is 1.48. The van der Waals surface area contributed by atoms with Gasteiger partial charge < -0.3 is 10.6 Å². The zero-order chi connectivity index (χ0) is 16.9. The first-order valence-corrected chi connectivity index (χ1v) is 8.06. The topological polar surface area (TPSA) is 77.8 Å². The molecule has 0 atom stereocenters. The lowest BCUT2D eigenvalue weighted by molar-refractivity contribution is 0.252. The van der Waals surface area contributed by atoms with Crippen molar-refractivity contribution in [3.05, 3.63) is 58.9 Å². The molecule has 1 heterocycles. The molecule has 7 heteroatoms. The van der Waals surface area contributed by atoms with E-state index >= 15 is 0 Å². The number of carbonyl (C=O) groups excluding carboxylic acids is 1. The summed E-state index contributed by atoms with van der Waals surface area (Å²) in [6.07, 6.45) is 0.562. The summed E-state index contributed by atoms with van der Waals surface area (Å²) < 4.78 is 14.1. The number of urea groups is 1. The largest absolute Gasteiger partial charge is 0.337 e. The molecule has 0 fully saturated rings. The van der Waals surface area contributed by atoms with Crippen LogP contribution in [-0.2, 0) is 6.42 Å². The fourth-order valence-electron chi connectivity index (χ4n) is 2.18. The van der Waals surface area contributed by atoms with Crippen LogP contribution >= 0.6 is 11.3 Å². The van der Waals surface area contributed by atoms with Gasteiger partial charge in [0.25, 0.3) is 0 Å². The van der Waals surface area contributed by atoms with Gasteiger partial charge in [-0.3, -0.25) is 0 Å². The molecule has 3 aromatic rings. The third-order valence-electron chi connectivity index (χ3n) is 3.27. The maximum atomic E-state index is 13.1. The number of nitriles is 1. The van der Waals surface area contributed by atoms with Gasteiger partial charge in [0.2, 0.25) is 0 Å². The van der Waals surface area contributed by atoms with Gasteiger partial charge in [0.15, 0.2) is 0 Å². The Labute approximate surface area is 141 Å². The Hall–Kier alpha value is -2.98. The molecule has 0 radical (unpaired) electrons. The average molecular weight is 340 g/mol. The van der Waals surface area contributed by atoms with E-state index in [0.717, 1.165) is 9.71 Å². The number of fused-ring (bicyclic) bond motifs is 1. The molecule has 0 unspecified atom stereocenters. The number of amides is 2. The highest BCUT2D eigenvalue weighted by Crippen LogP contribution is 2.22. The maximum absolute atomic E-state index is 13.1. The monoisotopic (exact) mass is 340 g/mol. The number of carbonyl (C=O) groups is 1. The van der Waals surface area contributed by atoms with Crippen LogP contribution in [-0.4, -0.2) is 17.6 Å². The molecule has 2 amide bonds. The Morgan fingerprint density at radius 3 is 3.00 bits per heavy atom. The quantitative estimate of drug-likeness (QED) is 0.760. The van der Waals surface area contributed by atoms with E-state index in [1.54, 1.807) is 30.3 Å². The van der Waals surface area contributed by atoms with Crippen molar-refractivity contribution < 1.29 is 9.18 Å². The van der Waals surface area contributed by atoms with E-state index < -0.39 is 0 Å². The van der Waals surface area contributed by atoms with Crippen LogP contribution in [0.5, 0.6) is 0 Å². The van der Waals surface area contributed by atoms with Gasteiger partial charge in [-0.1, -0.05) is 6.07 Å². The Balaban J connectivity index is 1.53. The van der Waals surface area contributed by atoms with Crippen LogP contribution in [0.2, 0.25) is 0 Å². The maximum Gasteiger partial charge on any atom is 0.319 e. The number of rotatable bonds is 4. The van der Waals surface area contributed by atoms with Gasteiger partial charge in [-0.05, 0) is 30.3 Å². The molecule has 2 N–H and O–H groups in total. The van der Waals surface area contributed by atoms with Crippen molar-refractivity contribution in [1.29, 1.82) is 5.26 Å². The van der Waals surface area contributed by atoms with Crippen molar-refractivity contribution in [2.75, 3.05) is 11.9 Å². The molecule has 2 aromatic carbocycles. The van der Waals surface area contributed by atoms with E-state index in [9.17, 15) is 9.18 Å². The number of thiazole rings is 1. The van der Waals surface area contributed by atoms with Gasteiger partial charge in [-0.25, -0.2) is 14.2 Å². The third kappa shape index (κ3) is 3.86. The second-order valence-corrected chi connectivity index (χ2v) is 6.16. The van der Waals surface area contributed by atoms with Gasteiger partial charge >= 0.3 is 6.03 Å². The number of benzene rings is 2. The van der Waals surface area contributed by atoms with Crippen molar-refractivity contribution in [2.45, 2.75) is 6.42 Å². The third-order valence-corrected chi connectivity index (χ3v) is 4.36. The number of nitrogens with zero attached hydrogens (tertiary/aromatic N) is 2. The Bertz CT molecular complexity index is 932. The molecular formula is C17H13FN4OS. The summed E-state index contributed by atoms with van der Waals surface area (Å²) in [6, 6.07) is 12.9. The van der Waals surface area contributed by atoms with Gasteiger partial charge in [0.05, 0.1) is 26.9 Å². The fraction of sp³-hybridized carbons (Fsp3) is 0.118. The van der Waals surface area contributed by atoms with Gasteiger partial charge in [0, 0.05) is 24.7 Å². The Kier molecular flexibility index (Phi) is 4.68. The SMILES string of the molecule is N#Cc1cccc(NC(=O)NCCc2nc3cc(F)ccc3s2)c1. The lowest BCUT2D eigenvalue weighted by atomic mass is 10.2. The van der Waals surface area contributed by atoms with Crippen molar-refractivity contribution in [3.63, 3.8) is 0 Å². The van der Waals surface area contributed by atoms with E-state index in [0.29, 0.717) is 29.7 Å². The molecule has 0 bridgehead atoms. The number of hydrogen-bond acceptors (Lipinski definition) is 4. The van der Waals surface area contributed by atoms with Crippen LogP contribution < -0.4 is 10.6 Å². The van der Waals surface area contributed by atoms with Crippen molar-refractivity contribution in [1.82, 2.24) is 10.3 Å². The minimum absolute atomic E-state index is 0.309. The highest BCUT2D eigenvalue weighted by molar-refractivity contribution is 7.18. The predicted octanol–water partition coefficient (Wildman–Crippen LogP) is 3.67. The van der Waals surface area contributed by atoms with Crippen LogP contribution in [0.4, 0.5) is 14.9 Å². The van der Waals surface area contributed by atoms with Crippen LogP contribution in [0.15, 0.2) is 42.5 Å². The molecule has 0 aliphatic rings. The Morgan fingerprint density at radius 2 is 2.17 bits per heavy atom. The second kappa shape index (κ2) is 7.06. The summed E-state index contributed by atoms with van der Waals surface area (Å²) in [4.78, 5) is 16.2. The fourth-order valence-corrected chi connectivity index (χ4v) is 3.13. The van der Waals surface area contributed by atoms with E-state index in [4.69, 9.17) is 5.26 Å². The number of nitrogens with one attached hydrogen (secondary N) is 2. The normalized spacial score (nSPS) is 10.3. The molecule has 0 aliphatic heterocycles. The van der Waals surface area contributed by atoms with Crippen molar-refractivity contribution in [2.24, 2.45) is 0 Å². The van der Waals surface area contributed by atoms with Crippen molar-refractivity contribution in [3.8, 4) is 6.07 Å². The standard InChI is InChI=1S/C17H13FN4OS/c18-12-4-5-15-14(9-12)22-16(24-15)6-7-20-17(23)21-13-3-1-2-11(8-13)10-19/h1-5,8-9H,6-7H2,(H2,20,21,23). The summed E-state index contributed by atoms with van der Waals surface area (Å²) in [6.45, 7) is 0.409. The molecule has 0 spiro atoms. The summed E-state index contributed by atoms with van der Waals surface area (Å²) in [7, 11) is 0. The minimum atomic E-state index is -0.350. The smallest absolute Gasteiger partial charge is 0.319 e. The first kappa shape index (κ1) is 15.9. The molecule has 0 aliphatic carbocycles. The lowest BCUT2D eigenvalue weighted by Crippen LogP contribution is -2.30. The molecule has 3 rings (SSSR count). The van der Waals surface area contributed by atoms with Crippen LogP contribution in [0.1, 0.15) is 10.6 Å². The summed E-state index contributed by atoms with van der Waals surface area (Å²) in [5.41, 5.74) is 1.67. The first-order chi connectivity index (χ1) is 11.6. The van der Waals surface area contributed by atoms with E-state index in [1.807, 2.05) is 6.07 Å².